The second kappa shape index (κ2) is 11.0. The number of benzene rings is 2. The van der Waals surface area contributed by atoms with Gasteiger partial charge in [-0.05, 0) is 57.8 Å². The monoisotopic (exact) mass is 503 g/mol. The van der Waals surface area contributed by atoms with Crippen molar-refractivity contribution >= 4 is 25.1 Å². The lowest BCUT2D eigenvalue weighted by atomic mass is 9.87. The van der Waals surface area contributed by atoms with Gasteiger partial charge in [0.25, 0.3) is 0 Å². The lowest BCUT2D eigenvalue weighted by Crippen LogP contribution is -2.51. The smallest absolute Gasteiger partial charge is 0.313 e. The second-order valence-electron chi connectivity index (χ2n) is 11.9. The second-order valence-corrected chi connectivity index (χ2v) is 17.6. The highest BCUT2D eigenvalue weighted by Gasteiger charge is 2.46. The molecule has 0 radical (unpaired) electrons. The number of fused-ring (bicyclic) bond motifs is 1. The van der Waals surface area contributed by atoms with Gasteiger partial charge in [0.1, 0.15) is 0 Å². The van der Waals surface area contributed by atoms with Crippen LogP contribution in [0.15, 0.2) is 54.7 Å². The summed E-state index contributed by atoms with van der Waals surface area (Å²) in [6, 6.07) is 17.5. The third-order valence-electron chi connectivity index (χ3n) is 9.04. The summed E-state index contributed by atoms with van der Waals surface area (Å²) in [5.74, 6) is 0.301. The van der Waals surface area contributed by atoms with Gasteiger partial charge in [0.2, 0.25) is 0 Å². The Morgan fingerprint density at radius 1 is 0.917 bits per heavy atom. The minimum atomic E-state index is -2.01. The minimum Gasteiger partial charge on any atom is -0.469 e. The number of carbonyl (C=O) groups excluding carboxylic acids is 1. The van der Waals surface area contributed by atoms with Crippen LogP contribution in [-0.4, -0.2) is 25.5 Å². The van der Waals surface area contributed by atoms with Crippen molar-refractivity contribution in [1.82, 2.24) is 4.23 Å². The summed E-state index contributed by atoms with van der Waals surface area (Å²) < 4.78 is 8.12. The summed E-state index contributed by atoms with van der Waals surface area (Å²) in [7, 11) is -0.465. The van der Waals surface area contributed by atoms with E-state index in [0.29, 0.717) is 22.5 Å². The minimum absolute atomic E-state index is 0.0861. The van der Waals surface area contributed by atoms with Crippen molar-refractivity contribution in [3.8, 4) is 11.1 Å². The maximum Gasteiger partial charge on any atom is 0.313 e. The van der Waals surface area contributed by atoms with E-state index in [1.54, 1.807) is 7.11 Å². The molecule has 1 unspecified atom stereocenters. The summed E-state index contributed by atoms with van der Waals surface area (Å²) >= 11 is 0. The van der Waals surface area contributed by atoms with Gasteiger partial charge in [-0.2, -0.15) is 0 Å². The van der Waals surface area contributed by atoms with Crippen LogP contribution in [0.2, 0.25) is 16.6 Å². The highest BCUT2D eigenvalue weighted by atomic mass is 28.3. The molecule has 0 amide bonds. The number of carbonyl (C=O) groups is 1. The van der Waals surface area contributed by atoms with Crippen molar-refractivity contribution in [1.29, 1.82) is 0 Å². The molecule has 3 aromatic rings. The quantitative estimate of drug-likeness (QED) is 0.215. The molecule has 4 rings (SSSR count). The number of methoxy groups -OCH3 is 1. The first-order chi connectivity index (χ1) is 17.2. The fraction of sp³-hybridized carbons (Fsp3) is 0.531. The van der Waals surface area contributed by atoms with Gasteiger partial charge < -0.3 is 8.97 Å². The van der Waals surface area contributed by atoms with Gasteiger partial charge in [-0.25, -0.2) is 0 Å². The first-order valence-corrected chi connectivity index (χ1v) is 16.2. The van der Waals surface area contributed by atoms with Gasteiger partial charge in [-0.15, -0.1) is 0 Å². The van der Waals surface area contributed by atoms with E-state index in [2.05, 4.69) is 101 Å². The SMILES string of the molecule is COC(=O)C(CC1CCCC1)c1cn([Si](C(C)C)(C(C)C)C(C)C)c2ccc(-c3ccccc3)cc12. The summed E-state index contributed by atoms with van der Waals surface area (Å²) in [5.41, 5.74) is 6.58. The zero-order valence-corrected chi connectivity index (χ0v) is 24.4. The number of nitrogens with zero attached hydrogens (tertiary/aromatic N) is 1. The highest BCUT2D eigenvalue weighted by molar-refractivity contribution is 6.82. The van der Waals surface area contributed by atoms with E-state index in [1.165, 1.54) is 53.3 Å². The number of ether oxygens (including phenoxy) is 1. The first-order valence-electron chi connectivity index (χ1n) is 14.0. The van der Waals surface area contributed by atoms with Crippen LogP contribution in [0.3, 0.4) is 0 Å². The van der Waals surface area contributed by atoms with E-state index in [4.69, 9.17) is 4.74 Å². The summed E-state index contributed by atoms with van der Waals surface area (Å²) in [4.78, 5) is 13.3. The van der Waals surface area contributed by atoms with Gasteiger partial charge in [-0.1, -0.05) is 104 Å². The van der Waals surface area contributed by atoms with E-state index < -0.39 is 8.24 Å². The largest absolute Gasteiger partial charge is 0.469 e. The number of aromatic nitrogens is 1. The van der Waals surface area contributed by atoms with Gasteiger partial charge in [-0.3, -0.25) is 4.79 Å². The van der Waals surface area contributed by atoms with E-state index in [0.717, 1.165) is 6.42 Å². The van der Waals surface area contributed by atoms with E-state index in [1.807, 2.05) is 0 Å². The van der Waals surface area contributed by atoms with E-state index in [-0.39, 0.29) is 11.9 Å². The molecular formula is C32H45NO2Si. The molecule has 0 bridgehead atoms. The van der Waals surface area contributed by atoms with E-state index in [9.17, 15) is 4.79 Å². The topological polar surface area (TPSA) is 31.2 Å². The number of hydrogen-bond donors (Lipinski definition) is 0. The third-order valence-corrected chi connectivity index (χ3v) is 15.8. The third kappa shape index (κ3) is 4.69. The molecule has 2 aromatic carbocycles. The molecule has 194 valence electrons. The average molecular weight is 504 g/mol. The van der Waals surface area contributed by atoms with Crippen molar-refractivity contribution in [2.24, 2.45) is 5.92 Å². The average Bonchev–Trinajstić information content (AvgIpc) is 3.50. The Morgan fingerprint density at radius 2 is 1.53 bits per heavy atom. The van der Waals surface area contributed by atoms with Crippen LogP contribution in [0.1, 0.15) is 85.1 Å². The number of esters is 1. The molecule has 1 heterocycles. The van der Waals surface area contributed by atoms with Gasteiger partial charge in [0, 0.05) is 17.1 Å². The van der Waals surface area contributed by atoms with Gasteiger partial charge in [0.15, 0.2) is 8.24 Å². The molecular weight excluding hydrogens is 458 g/mol. The van der Waals surface area contributed by atoms with Gasteiger partial charge in [0.05, 0.1) is 13.0 Å². The van der Waals surface area contributed by atoms with Crippen molar-refractivity contribution in [2.45, 2.75) is 96.2 Å². The molecule has 4 heteroatoms. The van der Waals surface area contributed by atoms with Crippen LogP contribution < -0.4 is 0 Å². The predicted molar refractivity (Wildman–Crippen MR) is 155 cm³/mol. The molecule has 1 aliphatic rings. The zero-order chi connectivity index (χ0) is 26.0. The molecule has 3 nitrogen and oxygen atoms in total. The molecule has 0 aliphatic heterocycles. The van der Waals surface area contributed by atoms with E-state index >= 15 is 0 Å². The standard InChI is InChI=1S/C32H45NO2Si/c1-22(2)36(23(3)4,24(5)6)33-21-30(29(32(34)35-7)19-25-13-11-12-14-25)28-20-27(17-18-31(28)33)26-15-9-8-10-16-26/h8-10,15-18,20-25,29H,11-14,19H2,1-7H3. The Balaban J connectivity index is 2.00. The Bertz CT molecular complexity index is 1150. The predicted octanol–water partition coefficient (Wildman–Crippen LogP) is 9.17. The first kappa shape index (κ1) is 26.7. The Labute approximate surface area is 219 Å². The lowest BCUT2D eigenvalue weighted by Gasteiger charge is -2.44. The molecule has 1 saturated carbocycles. The Hall–Kier alpha value is -2.33. The Kier molecular flexibility index (Phi) is 8.14. The van der Waals surface area contributed by atoms with Crippen molar-refractivity contribution in [3.63, 3.8) is 0 Å². The van der Waals surface area contributed by atoms with Crippen molar-refractivity contribution < 1.29 is 9.53 Å². The molecule has 0 N–H and O–H groups in total. The molecule has 0 saturated heterocycles. The van der Waals surface area contributed by atoms with Crippen LogP contribution >= 0.6 is 0 Å². The van der Waals surface area contributed by atoms with Crippen LogP contribution in [0.25, 0.3) is 22.0 Å². The molecule has 1 aliphatic carbocycles. The number of rotatable bonds is 9. The maximum atomic E-state index is 13.3. The van der Waals surface area contributed by atoms with Crippen LogP contribution in [0, 0.1) is 5.92 Å². The van der Waals surface area contributed by atoms with Crippen molar-refractivity contribution in [3.05, 3.63) is 60.3 Å². The fourth-order valence-electron chi connectivity index (χ4n) is 7.57. The van der Waals surface area contributed by atoms with Crippen molar-refractivity contribution in [2.75, 3.05) is 7.11 Å². The molecule has 1 aromatic heterocycles. The van der Waals surface area contributed by atoms with Gasteiger partial charge >= 0.3 is 5.97 Å². The zero-order valence-electron chi connectivity index (χ0n) is 23.4. The highest BCUT2D eigenvalue weighted by Crippen LogP contribution is 2.47. The summed E-state index contributed by atoms with van der Waals surface area (Å²) in [5, 5.41) is 1.23. The van der Waals surface area contributed by atoms with Crippen LogP contribution in [0.4, 0.5) is 0 Å². The maximum absolute atomic E-state index is 13.3. The summed E-state index contributed by atoms with van der Waals surface area (Å²) in [6.07, 6.45) is 8.29. The Morgan fingerprint density at radius 3 is 2.08 bits per heavy atom. The molecule has 36 heavy (non-hydrogen) atoms. The molecule has 1 fully saturated rings. The fourth-order valence-corrected chi connectivity index (χ4v) is 14.2. The summed E-state index contributed by atoms with van der Waals surface area (Å²) in [6.45, 7) is 14.5. The molecule has 1 atom stereocenters. The lowest BCUT2D eigenvalue weighted by molar-refractivity contribution is -0.142. The number of hydrogen-bond acceptors (Lipinski definition) is 2. The molecule has 0 spiro atoms. The normalized spacial score (nSPS) is 15.9. The van der Waals surface area contributed by atoms with Crippen LogP contribution in [-0.2, 0) is 9.53 Å². The van der Waals surface area contributed by atoms with Crippen LogP contribution in [0.5, 0.6) is 0 Å².